The van der Waals surface area contributed by atoms with E-state index in [-0.39, 0.29) is 0 Å². The Kier molecular flexibility index (Phi) is 2.65. The smallest absolute Gasteiger partial charge is 0.163 e. The predicted octanol–water partition coefficient (Wildman–Crippen LogP) is 1.94. The van der Waals surface area contributed by atoms with Crippen LogP contribution in [0.15, 0.2) is 30.3 Å². The van der Waals surface area contributed by atoms with Crippen molar-refractivity contribution in [2.45, 2.75) is 6.42 Å². The van der Waals surface area contributed by atoms with Gasteiger partial charge in [-0.05, 0) is 17.1 Å². The van der Waals surface area contributed by atoms with Crippen LogP contribution >= 0.6 is 11.5 Å². The number of benzene rings is 1. The molecule has 0 saturated heterocycles. The fourth-order valence-corrected chi connectivity index (χ4v) is 1.71. The zero-order chi connectivity index (χ0) is 9.80. The molecule has 1 aromatic carbocycles. The Morgan fingerprint density at radius 1 is 1.29 bits per heavy atom. The third-order valence-electron chi connectivity index (χ3n) is 1.91. The molecule has 0 radical (unpaired) electrons. The Hall–Kier alpha value is -1.55. The van der Waals surface area contributed by atoms with Crippen molar-refractivity contribution in [1.29, 1.82) is 0 Å². The van der Waals surface area contributed by atoms with E-state index in [1.807, 2.05) is 30.3 Å². The SMILES string of the molecule is O=Cc1snnc1Cc1ccccc1. The number of aldehydes is 1. The number of carbonyl (C=O) groups excluding carboxylic acids is 1. The van der Waals surface area contributed by atoms with Crippen molar-refractivity contribution in [3.8, 4) is 0 Å². The summed E-state index contributed by atoms with van der Waals surface area (Å²) in [6, 6.07) is 9.91. The number of hydrogen-bond donors (Lipinski definition) is 0. The van der Waals surface area contributed by atoms with E-state index in [0.29, 0.717) is 11.3 Å². The molecule has 1 aromatic heterocycles. The van der Waals surface area contributed by atoms with Crippen LogP contribution in [0.5, 0.6) is 0 Å². The zero-order valence-corrected chi connectivity index (χ0v) is 8.20. The van der Waals surface area contributed by atoms with E-state index in [9.17, 15) is 4.79 Å². The molecule has 0 spiro atoms. The molecule has 2 rings (SSSR count). The number of nitrogens with zero attached hydrogens (tertiary/aromatic N) is 2. The second-order valence-electron chi connectivity index (χ2n) is 2.86. The third-order valence-corrected chi connectivity index (χ3v) is 2.60. The quantitative estimate of drug-likeness (QED) is 0.717. The largest absolute Gasteiger partial charge is 0.297 e. The minimum absolute atomic E-state index is 0.619. The van der Waals surface area contributed by atoms with Crippen LogP contribution < -0.4 is 0 Å². The van der Waals surface area contributed by atoms with Crippen LogP contribution in [0.1, 0.15) is 20.9 Å². The monoisotopic (exact) mass is 204 g/mol. The van der Waals surface area contributed by atoms with Crippen molar-refractivity contribution in [3.05, 3.63) is 46.5 Å². The van der Waals surface area contributed by atoms with Crippen molar-refractivity contribution < 1.29 is 4.79 Å². The van der Waals surface area contributed by atoms with Crippen LogP contribution in [-0.2, 0) is 6.42 Å². The Morgan fingerprint density at radius 3 is 2.79 bits per heavy atom. The fraction of sp³-hybridized carbons (Fsp3) is 0.100. The van der Waals surface area contributed by atoms with Crippen molar-refractivity contribution in [3.63, 3.8) is 0 Å². The molecule has 2 aromatic rings. The Labute approximate surface area is 85.6 Å². The van der Waals surface area contributed by atoms with E-state index in [1.165, 1.54) is 0 Å². The van der Waals surface area contributed by atoms with E-state index >= 15 is 0 Å². The van der Waals surface area contributed by atoms with Crippen molar-refractivity contribution >= 4 is 17.8 Å². The first-order valence-electron chi connectivity index (χ1n) is 4.20. The van der Waals surface area contributed by atoms with Crippen molar-refractivity contribution in [1.82, 2.24) is 9.59 Å². The summed E-state index contributed by atoms with van der Waals surface area (Å²) < 4.78 is 3.75. The minimum atomic E-state index is 0.619. The number of hydrogen-bond acceptors (Lipinski definition) is 4. The maximum Gasteiger partial charge on any atom is 0.163 e. The maximum atomic E-state index is 10.6. The molecule has 0 aliphatic rings. The lowest BCUT2D eigenvalue weighted by Crippen LogP contribution is -1.92. The van der Waals surface area contributed by atoms with Gasteiger partial charge < -0.3 is 0 Å². The van der Waals surface area contributed by atoms with Gasteiger partial charge in [0.05, 0.1) is 5.69 Å². The fourth-order valence-electron chi connectivity index (χ4n) is 1.22. The molecule has 0 N–H and O–H groups in total. The molecule has 14 heavy (non-hydrogen) atoms. The third kappa shape index (κ3) is 1.85. The molecule has 70 valence electrons. The van der Waals surface area contributed by atoms with Gasteiger partial charge in [0, 0.05) is 6.42 Å². The topological polar surface area (TPSA) is 42.9 Å². The number of carbonyl (C=O) groups is 1. The molecule has 0 bridgehead atoms. The van der Waals surface area contributed by atoms with Crippen LogP contribution in [0.2, 0.25) is 0 Å². The highest BCUT2D eigenvalue weighted by molar-refractivity contribution is 7.07. The molecular weight excluding hydrogens is 196 g/mol. The Morgan fingerprint density at radius 2 is 2.07 bits per heavy atom. The molecular formula is C10H8N2OS. The second-order valence-corrected chi connectivity index (χ2v) is 3.65. The van der Waals surface area contributed by atoms with Gasteiger partial charge in [0.1, 0.15) is 4.88 Å². The van der Waals surface area contributed by atoms with Gasteiger partial charge in [-0.25, -0.2) is 0 Å². The van der Waals surface area contributed by atoms with Crippen LogP contribution in [0.3, 0.4) is 0 Å². The lowest BCUT2D eigenvalue weighted by molar-refractivity contribution is 0.112. The number of aromatic nitrogens is 2. The first kappa shape index (κ1) is 9.02. The highest BCUT2D eigenvalue weighted by Gasteiger charge is 2.06. The highest BCUT2D eigenvalue weighted by atomic mass is 32.1. The number of rotatable bonds is 3. The first-order chi connectivity index (χ1) is 6.90. The van der Waals surface area contributed by atoms with Crippen molar-refractivity contribution in [2.75, 3.05) is 0 Å². The molecule has 0 atom stereocenters. The molecule has 0 amide bonds. The van der Waals surface area contributed by atoms with E-state index < -0.39 is 0 Å². The predicted molar refractivity (Wildman–Crippen MR) is 54.5 cm³/mol. The molecule has 0 saturated carbocycles. The summed E-state index contributed by atoms with van der Waals surface area (Å²) in [5, 5.41) is 3.92. The van der Waals surface area contributed by atoms with E-state index in [2.05, 4.69) is 9.59 Å². The molecule has 1 heterocycles. The van der Waals surface area contributed by atoms with Gasteiger partial charge in [0.2, 0.25) is 0 Å². The first-order valence-corrected chi connectivity index (χ1v) is 4.98. The van der Waals surface area contributed by atoms with Gasteiger partial charge in [-0.1, -0.05) is 34.8 Å². The Bertz CT molecular complexity index is 425. The van der Waals surface area contributed by atoms with Crippen molar-refractivity contribution in [2.24, 2.45) is 0 Å². The van der Waals surface area contributed by atoms with E-state index in [0.717, 1.165) is 29.1 Å². The van der Waals surface area contributed by atoms with Gasteiger partial charge in [-0.2, -0.15) is 0 Å². The zero-order valence-electron chi connectivity index (χ0n) is 7.38. The van der Waals surface area contributed by atoms with E-state index in [1.54, 1.807) is 0 Å². The van der Waals surface area contributed by atoms with Gasteiger partial charge in [0.25, 0.3) is 0 Å². The average molecular weight is 204 g/mol. The Balaban J connectivity index is 2.23. The van der Waals surface area contributed by atoms with Gasteiger partial charge in [-0.15, -0.1) is 5.10 Å². The van der Waals surface area contributed by atoms with E-state index in [4.69, 9.17) is 0 Å². The molecule has 0 unspecified atom stereocenters. The van der Waals surface area contributed by atoms with Gasteiger partial charge >= 0.3 is 0 Å². The lowest BCUT2D eigenvalue weighted by Gasteiger charge is -1.96. The summed E-state index contributed by atoms with van der Waals surface area (Å²) in [6.45, 7) is 0. The van der Waals surface area contributed by atoms with Gasteiger partial charge in [-0.3, -0.25) is 4.79 Å². The van der Waals surface area contributed by atoms with Crippen LogP contribution in [-0.4, -0.2) is 15.9 Å². The molecule has 4 heteroatoms. The summed E-state index contributed by atoms with van der Waals surface area (Å²) in [4.78, 5) is 11.2. The van der Waals surface area contributed by atoms with Gasteiger partial charge in [0.15, 0.2) is 6.29 Å². The summed E-state index contributed by atoms with van der Waals surface area (Å²) >= 11 is 1.14. The molecule has 0 aliphatic carbocycles. The highest BCUT2D eigenvalue weighted by Crippen LogP contribution is 2.12. The molecule has 3 nitrogen and oxygen atoms in total. The second kappa shape index (κ2) is 4.11. The minimum Gasteiger partial charge on any atom is -0.297 e. The molecule has 0 aliphatic heterocycles. The normalized spacial score (nSPS) is 10.0. The van der Waals surface area contributed by atoms with Crippen LogP contribution in [0, 0.1) is 0 Å². The molecule has 0 fully saturated rings. The summed E-state index contributed by atoms with van der Waals surface area (Å²) in [5.74, 6) is 0. The van der Waals surface area contributed by atoms with Crippen LogP contribution in [0.4, 0.5) is 0 Å². The summed E-state index contributed by atoms with van der Waals surface area (Å²) in [6.07, 6.45) is 1.48. The standard InChI is InChI=1S/C10H8N2OS/c13-7-10-9(11-12-14-10)6-8-4-2-1-3-5-8/h1-5,7H,6H2. The average Bonchev–Trinajstić information content (AvgIpc) is 2.67. The summed E-state index contributed by atoms with van der Waals surface area (Å²) in [7, 11) is 0. The lowest BCUT2D eigenvalue weighted by atomic mass is 10.1. The summed E-state index contributed by atoms with van der Waals surface area (Å²) in [5.41, 5.74) is 1.90. The maximum absolute atomic E-state index is 10.6. The van der Waals surface area contributed by atoms with Crippen LogP contribution in [0.25, 0.3) is 0 Å².